The molecular weight excluding hydrogens is 370 g/mol. The Morgan fingerprint density at radius 1 is 1.10 bits per heavy atom. The summed E-state index contributed by atoms with van der Waals surface area (Å²) < 4.78 is 12.5. The van der Waals surface area contributed by atoms with Gasteiger partial charge in [0.1, 0.15) is 11.5 Å². The first-order valence-electron chi connectivity index (χ1n) is 9.65. The molecule has 1 aromatic heterocycles. The number of benzene rings is 2. The summed E-state index contributed by atoms with van der Waals surface area (Å²) in [5.74, 6) is 0.669. The third kappa shape index (κ3) is 4.93. The second-order valence-corrected chi connectivity index (χ2v) is 6.61. The fraction of sp³-hybridized carbons (Fsp3) is 0.318. The highest BCUT2D eigenvalue weighted by atomic mass is 16.5. The minimum Gasteiger partial charge on any atom is -0.497 e. The number of carbonyl (C=O) groups excluding carboxylic acids is 1. The van der Waals surface area contributed by atoms with Gasteiger partial charge in [-0.1, -0.05) is 38.0 Å². The van der Waals surface area contributed by atoms with Crippen molar-refractivity contribution < 1.29 is 19.4 Å². The molecule has 152 valence electrons. The van der Waals surface area contributed by atoms with Crippen LogP contribution in [-0.2, 0) is 11.3 Å². The van der Waals surface area contributed by atoms with Gasteiger partial charge in [0, 0.05) is 11.9 Å². The zero-order valence-electron chi connectivity index (χ0n) is 16.7. The van der Waals surface area contributed by atoms with Gasteiger partial charge in [-0.25, -0.2) is 0 Å². The Bertz CT molecular complexity index is 996. The van der Waals surface area contributed by atoms with Crippen LogP contribution in [0.15, 0.2) is 58.8 Å². The standard InChI is InChI=1S/C22H25N3O4/c1-3-4-8-13-25-19-12-11-17(28-2)14-18(19)21(22(25)27)24-23-20(26)15-29-16-9-6-5-7-10-16/h5-7,9-12,14,27H,3-4,8,13,15H2,1-2H3. The lowest BCUT2D eigenvalue weighted by molar-refractivity contribution is -0.120. The summed E-state index contributed by atoms with van der Waals surface area (Å²) in [6, 6.07) is 14.5. The topological polar surface area (TPSA) is 85.4 Å². The number of azo groups is 1. The predicted molar refractivity (Wildman–Crippen MR) is 111 cm³/mol. The molecule has 29 heavy (non-hydrogen) atoms. The van der Waals surface area contributed by atoms with Crippen molar-refractivity contribution in [3.8, 4) is 17.4 Å². The maximum atomic E-state index is 12.1. The lowest BCUT2D eigenvalue weighted by atomic mass is 10.2. The van der Waals surface area contributed by atoms with Crippen molar-refractivity contribution in [2.75, 3.05) is 13.7 Å². The fourth-order valence-corrected chi connectivity index (χ4v) is 3.07. The number of nitrogens with zero attached hydrogens (tertiary/aromatic N) is 3. The van der Waals surface area contributed by atoms with E-state index in [0.29, 0.717) is 23.4 Å². The van der Waals surface area contributed by atoms with Crippen molar-refractivity contribution in [1.82, 2.24) is 4.57 Å². The van der Waals surface area contributed by atoms with Crippen molar-refractivity contribution in [2.45, 2.75) is 32.7 Å². The fourth-order valence-electron chi connectivity index (χ4n) is 3.07. The number of unbranched alkanes of at least 4 members (excludes halogenated alkanes) is 2. The highest BCUT2D eigenvalue weighted by molar-refractivity contribution is 5.96. The van der Waals surface area contributed by atoms with Gasteiger partial charge >= 0.3 is 5.91 Å². The van der Waals surface area contributed by atoms with Gasteiger partial charge in [0.25, 0.3) is 0 Å². The van der Waals surface area contributed by atoms with Crippen LogP contribution in [0, 0.1) is 0 Å². The second kappa shape index (κ2) is 9.73. The molecule has 0 atom stereocenters. The molecule has 0 bridgehead atoms. The van der Waals surface area contributed by atoms with Crippen molar-refractivity contribution in [3.05, 3.63) is 48.5 Å². The van der Waals surface area contributed by atoms with Crippen LogP contribution in [0.4, 0.5) is 5.69 Å². The molecule has 0 saturated carbocycles. The SMILES string of the molecule is CCCCCn1c(O)c(N=NC(=O)COc2ccccc2)c2cc(OC)ccc21. The average molecular weight is 395 g/mol. The summed E-state index contributed by atoms with van der Waals surface area (Å²) in [4.78, 5) is 12.1. The molecule has 1 N–H and O–H groups in total. The number of fused-ring (bicyclic) bond motifs is 1. The van der Waals surface area contributed by atoms with E-state index in [1.807, 2.05) is 30.3 Å². The normalized spacial score (nSPS) is 11.2. The van der Waals surface area contributed by atoms with Crippen LogP contribution in [-0.4, -0.2) is 29.3 Å². The molecule has 3 aromatic rings. The average Bonchev–Trinajstić information content (AvgIpc) is 3.01. The zero-order chi connectivity index (χ0) is 20.6. The number of methoxy groups -OCH3 is 1. The van der Waals surface area contributed by atoms with Crippen LogP contribution in [0.5, 0.6) is 17.4 Å². The molecule has 1 amide bonds. The first-order valence-corrected chi connectivity index (χ1v) is 9.65. The smallest absolute Gasteiger partial charge is 0.302 e. The molecular formula is C22H25N3O4. The van der Waals surface area contributed by atoms with Crippen LogP contribution in [0.1, 0.15) is 26.2 Å². The third-order valence-corrected chi connectivity index (χ3v) is 4.57. The van der Waals surface area contributed by atoms with E-state index in [2.05, 4.69) is 17.2 Å². The van der Waals surface area contributed by atoms with Gasteiger partial charge in [0.05, 0.1) is 12.6 Å². The molecule has 0 unspecified atom stereocenters. The van der Waals surface area contributed by atoms with Crippen LogP contribution >= 0.6 is 0 Å². The monoisotopic (exact) mass is 395 g/mol. The number of rotatable bonds is 9. The number of hydrogen-bond donors (Lipinski definition) is 1. The van der Waals surface area contributed by atoms with Crippen LogP contribution in [0.2, 0.25) is 0 Å². The number of amides is 1. The van der Waals surface area contributed by atoms with E-state index in [4.69, 9.17) is 9.47 Å². The number of aryl methyl sites for hydroxylation is 1. The van der Waals surface area contributed by atoms with Gasteiger partial charge < -0.3 is 19.1 Å². The number of carbonyl (C=O) groups is 1. The third-order valence-electron chi connectivity index (χ3n) is 4.57. The molecule has 0 aliphatic heterocycles. The Hall–Kier alpha value is -3.35. The largest absolute Gasteiger partial charge is 0.497 e. The molecule has 0 fully saturated rings. The van der Waals surface area contributed by atoms with Crippen molar-refractivity contribution in [2.24, 2.45) is 10.2 Å². The van der Waals surface area contributed by atoms with E-state index < -0.39 is 5.91 Å². The highest BCUT2D eigenvalue weighted by Crippen LogP contribution is 2.40. The summed E-state index contributed by atoms with van der Waals surface area (Å²) in [7, 11) is 1.57. The Balaban J connectivity index is 1.83. The maximum Gasteiger partial charge on any atom is 0.302 e. The van der Waals surface area contributed by atoms with Crippen molar-refractivity contribution >= 4 is 22.5 Å². The molecule has 2 aromatic carbocycles. The Morgan fingerprint density at radius 3 is 2.62 bits per heavy atom. The minimum absolute atomic E-state index is 0.00937. The summed E-state index contributed by atoms with van der Waals surface area (Å²) in [5.41, 5.74) is 1.07. The van der Waals surface area contributed by atoms with E-state index in [9.17, 15) is 9.90 Å². The van der Waals surface area contributed by atoms with Crippen LogP contribution in [0.3, 0.4) is 0 Å². The van der Waals surface area contributed by atoms with Crippen LogP contribution < -0.4 is 9.47 Å². The number of aromatic hydroxyl groups is 1. The van der Waals surface area contributed by atoms with E-state index >= 15 is 0 Å². The summed E-state index contributed by atoms with van der Waals surface area (Å²) >= 11 is 0. The lowest BCUT2D eigenvalue weighted by Crippen LogP contribution is -2.07. The van der Waals surface area contributed by atoms with E-state index in [0.717, 1.165) is 24.8 Å². The number of para-hydroxylation sites is 1. The molecule has 7 nitrogen and oxygen atoms in total. The van der Waals surface area contributed by atoms with Gasteiger partial charge in [0.2, 0.25) is 5.88 Å². The summed E-state index contributed by atoms with van der Waals surface area (Å²) in [5, 5.41) is 19.2. The molecule has 3 rings (SSSR count). The van der Waals surface area contributed by atoms with E-state index in [-0.39, 0.29) is 18.2 Å². The summed E-state index contributed by atoms with van der Waals surface area (Å²) in [6.07, 6.45) is 3.07. The van der Waals surface area contributed by atoms with E-state index in [1.165, 1.54) is 0 Å². The predicted octanol–water partition coefficient (Wildman–Crippen LogP) is 5.24. The number of aromatic nitrogens is 1. The van der Waals surface area contributed by atoms with E-state index in [1.54, 1.807) is 29.9 Å². The Kier molecular flexibility index (Phi) is 6.84. The molecule has 0 spiro atoms. The van der Waals surface area contributed by atoms with Gasteiger partial charge in [-0.3, -0.25) is 4.79 Å². The molecule has 0 aliphatic rings. The molecule has 0 radical (unpaired) electrons. The first-order chi connectivity index (χ1) is 14.1. The summed E-state index contributed by atoms with van der Waals surface area (Å²) in [6.45, 7) is 2.55. The lowest BCUT2D eigenvalue weighted by Gasteiger charge is -2.06. The quantitative estimate of drug-likeness (QED) is 0.397. The van der Waals surface area contributed by atoms with Gasteiger partial charge in [-0.2, -0.15) is 0 Å². The maximum absolute atomic E-state index is 12.1. The molecule has 0 aliphatic carbocycles. The van der Waals surface area contributed by atoms with Crippen molar-refractivity contribution in [1.29, 1.82) is 0 Å². The molecule has 1 heterocycles. The minimum atomic E-state index is -0.539. The van der Waals surface area contributed by atoms with Gasteiger partial charge in [0.15, 0.2) is 12.3 Å². The molecule has 7 heteroatoms. The van der Waals surface area contributed by atoms with Gasteiger partial charge in [-0.15, -0.1) is 10.2 Å². The number of hydrogen-bond acceptors (Lipinski definition) is 5. The zero-order valence-corrected chi connectivity index (χ0v) is 16.7. The number of ether oxygens (including phenoxy) is 2. The van der Waals surface area contributed by atoms with Crippen molar-refractivity contribution in [3.63, 3.8) is 0 Å². The molecule has 0 saturated heterocycles. The Morgan fingerprint density at radius 2 is 1.90 bits per heavy atom. The highest BCUT2D eigenvalue weighted by Gasteiger charge is 2.17. The Labute approximate surface area is 169 Å². The first kappa shape index (κ1) is 20.4. The van der Waals surface area contributed by atoms with Gasteiger partial charge in [-0.05, 0) is 36.8 Å². The van der Waals surface area contributed by atoms with Crippen LogP contribution in [0.25, 0.3) is 10.9 Å². The second-order valence-electron chi connectivity index (χ2n) is 6.61.